The molecule has 0 atom stereocenters. The lowest BCUT2D eigenvalue weighted by Crippen LogP contribution is -2.27. The minimum atomic E-state index is -0.406. The van der Waals surface area contributed by atoms with Crippen LogP contribution in [0.2, 0.25) is 0 Å². The Morgan fingerprint density at radius 3 is 2.44 bits per heavy atom. The van der Waals surface area contributed by atoms with Crippen molar-refractivity contribution in [1.82, 2.24) is 4.90 Å². The molecular weight excluding hydrogens is 338 g/mol. The summed E-state index contributed by atoms with van der Waals surface area (Å²) in [5, 5.41) is 19.0. The quantitative estimate of drug-likeness (QED) is 0.644. The third kappa shape index (κ3) is 3.53. The molecule has 2 N–H and O–H groups in total. The SMILES string of the molecule is Cc1cc(C)cc(CN2C(=O)S/C(=C\c3cccc(O)c3O)C2=O)c1. The zero-order valence-electron chi connectivity index (χ0n) is 13.8. The van der Waals surface area contributed by atoms with E-state index in [1.54, 1.807) is 12.1 Å². The second-order valence-corrected chi connectivity index (χ2v) is 6.97. The van der Waals surface area contributed by atoms with Crippen molar-refractivity contribution in [1.29, 1.82) is 0 Å². The molecule has 2 aromatic rings. The summed E-state index contributed by atoms with van der Waals surface area (Å²) in [6.07, 6.45) is 1.42. The second kappa shape index (κ2) is 6.64. The van der Waals surface area contributed by atoms with Crippen LogP contribution in [0, 0.1) is 13.8 Å². The third-order valence-corrected chi connectivity index (χ3v) is 4.74. The van der Waals surface area contributed by atoms with E-state index in [1.807, 2.05) is 32.0 Å². The summed E-state index contributed by atoms with van der Waals surface area (Å²) in [5.41, 5.74) is 3.32. The molecule has 0 aliphatic carbocycles. The van der Waals surface area contributed by atoms with Gasteiger partial charge >= 0.3 is 0 Å². The predicted molar refractivity (Wildman–Crippen MR) is 97.2 cm³/mol. The Labute approximate surface area is 149 Å². The molecule has 1 saturated heterocycles. The number of phenolic OH excluding ortho intramolecular Hbond substituents is 2. The molecule has 0 radical (unpaired) electrons. The Bertz CT molecular complexity index is 884. The fourth-order valence-electron chi connectivity index (χ4n) is 2.79. The third-order valence-electron chi connectivity index (χ3n) is 3.83. The number of imide groups is 1. The molecule has 0 unspecified atom stereocenters. The number of aromatic hydroxyl groups is 2. The molecule has 3 rings (SSSR count). The van der Waals surface area contributed by atoms with Crippen LogP contribution >= 0.6 is 11.8 Å². The summed E-state index contributed by atoms with van der Waals surface area (Å²) < 4.78 is 0. The van der Waals surface area contributed by atoms with Gasteiger partial charge < -0.3 is 10.2 Å². The van der Waals surface area contributed by atoms with Crippen LogP contribution in [-0.4, -0.2) is 26.3 Å². The summed E-state index contributed by atoms with van der Waals surface area (Å²) in [4.78, 5) is 26.2. The van der Waals surface area contributed by atoms with Gasteiger partial charge in [-0.25, -0.2) is 0 Å². The molecule has 2 aromatic carbocycles. The van der Waals surface area contributed by atoms with Crippen molar-refractivity contribution in [3.8, 4) is 11.5 Å². The number of para-hydroxylation sites is 1. The average Bonchev–Trinajstić information content (AvgIpc) is 2.78. The van der Waals surface area contributed by atoms with E-state index >= 15 is 0 Å². The number of amides is 2. The average molecular weight is 355 g/mol. The number of rotatable bonds is 3. The number of carbonyl (C=O) groups excluding carboxylic acids is 2. The van der Waals surface area contributed by atoms with Crippen LogP contribution in [0.3, 0.4) is 0 Å². The van der Waals surface area contributed by atoms with Crippen LogP contribution in [-0.2, 0) is 11.3 Å². The summed E-state index contributed by atoms with van der Waals surface area (Å²) in [7, 11) is 0. The van der Waals surface area contributed by atoms with E-state index in [0.29, 0.717) is 0 Å². The number of benzene rings is 2. The van der Waals surface area contributed by atoms with Crippen LogP contribution in [0.1, 0.15) is 22.3 Å². The molecule has 2 amide bonds. The maximum atomic E-state index is 12.6. The highest BCUT2D eigenvalue weighted by Crippen LogP contribution is 2.36. The van der Waals surface area contributed by atoms with Crippen molar-refractivity contribution >= 4 is 29.0 Å². The standard InChI is InChI=1S/C19H17NO4S/c1-11-6-12(2)8-13(7-11)10-20-18(23)16(25-19(20)24)9-14-4-3-5-15(21)17(14)22/h3-9,21-22H,10H2,1-2H3/b16-9-. The van der Waals surface area contributed by atoms with Crippen molar-refractivity contribution in [3.05, 3.63) is 63.6 Å². The minimum Gasteiger partial charge on any atom is -0.504 e. The second-order valence-electron chi connectivity index (χ2n) is 5.98. The molecule has 1 aliphatic rings. The Kier molecular flexibility index (Phi) is 4.55. The zero-order valence-corrected chi connectivity index (χ0v) is 14.6. The van der Waals surface area contributed by atoms with E-state index < -0.39 is 5.91 Å². The van der Waals surface area contributed by atoms with Crippen molar-refractivity contribution in [3.63, 3.8) is 0 Å². The van der Waals surface area contributed by atoms with E-state index in [0.717, 1.165) is 28.5 Å². The number of thioether (sulfide) groups is 1. The monoisotopic (exact) mass is 355 g/mol. The van der Waals surface area contributed by atoms with E-state index in [2.05, 4.69) is 0 Å². The van der Waals surface area contributed by atoms with Crippen molar-refractivity contribution in [2.45, 2.75) is 20.4 Å². The number of phenols is 2. The van der Waals surface area contributed by atoms with E-state index in [1.165, 1.54) is 17.0 Å². The molecule has 1 fully saturated rings. The van der Waals surface area contributed by atoms with Gasteiger partial charge in [0.25, 0.3) is 11.1 Å². The fraction of sp³-hybridized carbons (Fsp3) is 0.158. The number of carbonyl (C=O) groups is 2. The lowest BCUT2D eigenvalue weighted by molar-refractivity contribution is -0.123. The molecule has 0 spiro atoms. The highest BCUT2D eigenvalue weighted by Gasteiger charge is 2.35. The predicted octanol–water partition coefficient (Wildman–Crippen LogP) is 3.95. The lowest BCUT2D eigenvalue weighted by atomic mass is 10.1. The molecule has 25 heavy (non-hydrogen) atoms. The molecule has 128 valence electrons. The maximum Gasteiger partial charge on any atom is 0.293 e. The van der Waals surface area contributed by atoms with Crippen molar-refractivity contribution < 1.29 is 19.8 Å². The molecular formula is C19H17NO4S. The van der Waals surface area contributed by atoms with Crippen LogP contribution in [0.5, 0.6) is 11.5 Å². The van der Waals surface area contributed by atoms with E-state index in [4.69, 9.17) is 0 Å². The van der Waals surface area contributed by atoms with Crippen LogP contribution in [0.15, 0.2) is 41.3 Å². The van der Waals surface area contributed by atoms with Crippen LogP contribution in [0.25, 0.3) is 6.08 Å². The summed E-state index contributed by atoms with van der Waals surface area (Å²) in [6.45, 7) is 4.14. The highest BCUT2D eigenvalue weighted by molar-refractivity contribution is 8.18. The van der Waals surface area contributed by atoms with Gasteiger partial charge in [0.05, 0.1) is 11.4 Å². The normalized spacial score (nSPS) is 16.1. The van der Waals surface area contributed by atoms with Gasteiger partial charge in [0, 0.05) is 5.56 Å². The van der Waals surface area contributed by atoms with Gasteiger partial charge in [0.2, 0.25) is 0 Å². The van der Waals surface area contributed by atoms with E-state index in [-0.39, 0.29) is 33.8 Å². The summed E-state index contributed by atoms with van der Waals surface area (Å²) in [6, 6.07) is 10.4. The molecule has 0 aromatic heterocycles. The first-order valence-electron chi connectivity index (χ1n) is 7.68. The molecule has 1 heterocycles. The van der Waals surface area contributed by atoms with Gasteiger partial charge in [-0.15, -0.1) is 0 Å². The fourth-order valence-corrected chi connectivity index (χ4v) is 3.61. The molecule has 5 nitrogen and oxygen atoms in total. The van der Waals surface area contributed by atoms with Gasteiger partial charge in [0.1, 0.15) is 0 Å². The first-order valence-corrected chi connectivity index (χ1v) is 8.50. The minimum absolute atomic E-state index is 0.205. The Balaban J connectivity index is 1.87. The van der Waals surface area contributed by atoms with Crippen molar-refractivity contribution in [2.75, 3.05) is 0 Å². The van der Waals surface area contributed by atoms with E-state index in [9.17, 15) is 19.8 Å². The Hall–Kier alpha value is -2.73. The molecule has 1 aliphatic heterocycles. The molecule has 0 bridgehead atoms. The lowest BCUT2D eigenvalue weighted by Gasteiger charge is -2.13. The van der Waals surface area contributed by atoms with Gasteiger partial charge in [-0.1, -0.05) is 41.5 Å². The topological polar surface area (TPSA) is 77.8 Å². The Morgan fingerprint density at radius 2 is 1.76 bits per heavy atom. The number of hydrogen-bond donors (Lipinski definition) is 2. The number of aryl methyl sites for hydroxylation is 2. The first-order chi connectivity index (χ1) is 11.8. The summed E-state index contributed by atoms with van der Waals surface area (Å²) in [5.74, 6) is -0.997. The first kappa shape index (κ1) is 17.1. The van der Waals surface area contributed by atoms with Crippen LogP contribution < -0.4 is 0 Å². The summed E-state index contributed by atoms with van der Waals surface area (Å²) >= 11 is 0.825. The van der Waals surface area contributed by atoms with Gasteiger partial charge in [-0.2, -0.15) is 0 Å². The van der Waals surface area contributed by atoms with Gasteiger partial charge in [-0.05, 0) is 43.3 Å². The Morgan fingerprint density at radius 1 is 1.08 bits per heavy atom. The van der Waals surface area contributed by atoms with Gasteiger partial charge in [0.15, 0.2) is 11.5 Å². The van der Waals surface area contributed by atoms with Crippen LogP contribution in [0.4, 0.5) is 4.79 Å². The smallest absolute Gasteiger partial charge is 0.293 e. The largest absolute Gasteiger partial charge is 0.504 e. The number of nitrogens with zero attached hydrogens (tertiary/aromatic N) is 1. The molecule has 0 saturated carbocycles. The highest BCUT2D eigenvalue weighted by atomic mass is 32.2. The van der Waals surface area contributed by atoms with Crippen molar-refractivity contribution in [2.24, 2.45) is 0 Å². The number of hydrogen-bond acceptors (Lipinski definition) is 5. The maximum absolute atomic E-state index is 12.6. The van der Waals surface area contributed by atoms with Gasteiger partial charge in [-0.3, -0.25) is 14.5 Å². The molecule has 6 heteroatoms. The zero-order chi connectivity index (χ0) is 18.1.